The van der Waals surface area contributed by atoms with Crippen LogP contribution in [0.25, 0.3) is 0 Å². The number of hydrogen-bond donors (Lipinski definition) is 2. The molecule has 1 aliphatic rings. The second-order valence-electron chi connectivity index (χ2n) is 6.88. The van der Waals surface area contributed by atoms with Gasteiger partial charge < -0.3 is 20.3 Å². The average Bonchev–Trinajstić information content (AvgIpc) is 2.65. The van der Waals surface area contributed by atoms with Crippen LogP contribution in [0.3, 0.4) is 0 Å². The Kier molecular flexibility index (Phi) is 7.69. The summed E-state index contributed by atoms with van der Waals surface area (Å²) >= 11 is 0. The molecule has 2 rings (SSSR count). The molecule has 1 aliphatic heterocycles. The van der Waals surface area contributed by atoms with E-state index in [1.165, 1.54) is 19.3 Å². The van der Waals surface area contributed by atoms with Crippen LogP contribution in [-0.2, 0) is 16.1 Å². The largest absolute Gasteiger partial charge is 0.450 e. The molecule has 0 spiro atoms. The zero-order valence-corrected chi connectivity index (χ0v) is 16.0. The van der Waals surface area contributed by atoms with E-state index in [0.29, 0.717) is 6.54 Å². The first-order valence-corrected chi connectivity index (χ1v) is 9.42. The van der Waals surface area contributed by atoms with Gasteiger partial charge in [-0.05, 0) is 43.7 Å². The summed E-state index contributed by atoms with van der Waals surface area (Å²) in [5, 5.41) is 5.47. The van der Waals surface area contributed by atoms with Crippen molar-refractivity contribution in [3.05, 3.63) is 23.9 Å². The maximum absolute atomic E-state index is 12.4. The van der Waals surface area contributed by atoms with Gasteiger partial charge in [0.2, 0.25) is 5.91 Å². The van der Waals surface area contributed by atoms with Crippen LogP contribution in [0, 0.1) is 5.92 Å². The lowest BCUT2D eigenvalue weighted by Gasteiger charge is -2.27. The van der Waals surface area contributed by atoms with E-state index in [9.17, 15) is 9.59 Å². The number of carbonyl (C=O) groups is 2. The second kappa shape index (κ2) is 9.99. The molecule has 7 nitrogen and oxygen atoms in total. The standard InChI is InChI=1S/C19H30N4O3/c1-4-26-19(25)22-17(14(2)3)18(24)21-13-15-8-9-16(20-12-15)23-10-6-5-7-11-23/h8-9,12,14,17H,4-7,10-11,13H2,1-3H3,(H,21,24)(H,22,25)/t17-/m1/s1. The van der Waals surface area contributed by atoms with Crippen LogP contribution in [-0.4, -0.2) is 42.7 Å². The van der Waals surface area contributed by atoms with E-state index in [1.807, 2.05) is 26.0 Å². The van der Waals surface area contributed by atoms with Gasteiger partial charge in [-0.15, -0.1) is 0 Å². The van der Waals surface area contributed by atoms with Crippen LogP contribution in [0.15, 0.2) is 18.3 Å². The van der Waals surface area contributed by atoms with Gasteiger partial charge in [-0.2, -0.15) is 0 Å². The molecule has 0 bridgehead atoms. The number of piperidine rings is 1. The third kappa shape index (κ3) is 5.89. The number of anilines is 1. The monoisotopic (exact) mass is 362 g/mol. The Labute approximate surface area is 155 Å². The maximum Gasteiger partial charge on any atom is 0.407 e. The Morgan fingerprint density at radius 1 is 1.23 bits per heavy atom. The number of aromatic nitrogens is 1. The Balaban J connectivity index is 1.87. The van der Waals surface area contributed by atoms with Crippen molar-refractivity contribution in [1.29, 1.82) is 0 Å². The third-order valence-electron chi connectivity index (χ3n) is 4.45. The highest BCUT2D eigenvalue weighted by Gasteiger charge is 2.24. The molecule has 1 aromatic heterocycles. The average molecular weight is 362 g/mol. The highest BCUT2D eigenvalue weighted by molar-refractivity contribution is 5.85. The fourth-order valence-corrected chi connectivity index (χ4v) is 2.97. The highest BCUT2D eigenvalue weighted by atomic mass is 16.5. The van der Waals surface area contributed by atoms with Gasteiger partial charge in [-0.25, -0.2) is 9.78 Å². The smallest absolute Gasteiger partial charge is 0.407 e. The minimum Gasteiger partial charge on any atom is -0.450 e. The van der Waals surface area contributed by atoms with Gasteiger partial charge in [0.15, 0.2) is 0 Å². The number of ether oxygens (including phenoxy) is 1. The topological polar surface area (TPSA) is 83.6 Å². The Hall–Kier alpha value is -2.31. The van der Waals surface area contributed by atoms with Crippen molar-refractivity contribution in [3.63, 3.8) is 0 Å². The molecule has 1 atom stereocenters. The number of carbonyl (C=O) groups excluding carboxylic acids is 2. The summed E-state index contributed by atoms with van der Waals surface area (Å²) in [6.45, 7) is 8.24. The summed E-state index contributed by atoms with van der Waals surface area (Å²) in [4.78, 5) is 30.8. The van der Waals surface area contributed by atoms with Crippen LogP contribution < -0.4 is 15.5 Å². The van der Waals surface area contributed by atoms with Crippen LogP contribution in [0.4, 0.5) is 10.6 Å². The SMILES string of the molecule is CCOC(=O)N[C@@H](C(=O)NCc1ccc(N2CCCCC2)nc1)C(C)C. The van der Waals surface area contributed by atoms with Crippen LogP contribution in [0.1, 0.15) is 45.6 Å². The lowest BCUT2D eigenvalue weighted by atomic mass is 10.0. The first-order chi connectivity index (χ1) is 12.5. The van der Waals surface area contributed by atoms with E-state index in [0.717, 1.165) is 24.5 Å². The maximum atomic E-state index is 12.4. The number of amides is 2. The number of nitrogens with zero attached hydrogens (tertiary/aromatic N) is 2. The number of nitrogens with one attached hydrogen (secondary N) is 2. The molecule has 1 saturated heterocycles. The molecule has 0 saturated carbocycles. The summed E-state index contributed by atoms with van der Waals surface area (Å²) in [6, 6.07) is 3.36. The molecule has 2 N–H and O–H groups in total. The molecule has 0 aliphatic carbocycles. The van der Waals surface area contributed by atoms with E-state index in [-0.39, 0.29) is 18.4 Å². The summed E-state index contributed by atoms with van der Waals surface area (Å²) in [5.74, 6) is 0.718. The molecule has 1 fully saturated rings. The molecule has 0 unspecified atom stereocenters. The lowest BCUT2D eigenvalue weighted by Crippen LogP contribution is -2.49. The van der Waals surface area contributed by atoms with E-state index in [1.54, 1.807) is 13.1 Å². The van der Waals surface area contributed by atoms with Gasteiger partial charge in [-0.1, -0.05) is 19.9 Å². The molecule has 2 amide bonds. The van der Waals surface area contributed by atoms with Crippen molar-refractivity contribution >= 4 is 17.8 Å². The Morgan fingerprint density at radius 2 is 1.96 bits per heavy atom. The lowest BCUT2D eigenvalue weighted by molar-refractivity contribution is -0.124. The molecule has 2 heterocycles. The molecular weight excluding hydrogens is 332 g/mol. The molecule has 0 radical (unpaired) electrons. The van der Waals surface area contributed by atoms with Crippen LogP contribution >= 0.6 is 0 Å². The fraction of sp³-hybridized carbons (Fsp3) is 0.632. The van der Waals surface area contributed by atoms with E-state index in [2.05, 4.69) is 20.5 Å². The summed E-state index contributed by atoms with van der Waals surface area (Å²) in [7, 11) is 0. The van der Waals surface area contributed by atoms with E-state index in [4.69, 9.17) is 4.74 Å². The molecule has 144 valence electrons. The predicted molar refractivity (Wildman–Crippen MR) is 101 cm³/mol. The molecular formula is C19H30N4O3. The first kappa shape index (κ1) is 20.0. The highest BCUT2D eigenvalue weighted by Crippen LogP contribution is 2.17. The Morgan fingerprint density at radius 3 is 2.54 bits per heavy atom. The number of pyridine rings is 1. The zero-order valence-electron chi connectivity index (χ0n) is 16.0. The van der Waals surface area contributed by atoms with Crippen molar-refractivity contribution in [2.24, 2.45) is 5.92 Å². The van der Waals surface area contributed by atoms with Gasteiger partial charge in [-0.3, -0.25) is 4.79 Å². The Bertz CT molecular complexity index is 583. The van der Waals surface area contributed by atoms with Crippen LogP contribution in [0.2, 0.25) is 0 Å². The molecule has 26 heavy (non-hydrogen) atoms. The van der Waals surface area contributed by atoms with Gasteiger partial charge in [0.25, 0.3) is 0 Å². The van der Waals surface area contributed by atoms with Gasteiger partial charge in [0, 0.05) is 25.8 Å². The van der Waals surface area contributed by atoms with E-state index < -0.39 is 12.1 Å². The minimum absolute atomic E-state index is 0.0426. The normalized spacial score (nSPS) is 15.5. The zero-order chi connectivity index (χ0) is 18.9. The molecule has 7 heteroatoms. The summed E-state index contributed by atoms with van der Waals surface area (Å²) in [6.07, 6.45) is 4.94. The number of rotatable bonds is 7. The number of alkyl carbamates (subject to hydrolysis) is 1. The summed E-state index contributed by atoms with van der Waals surface area (Å²) < 4.78 is 4.86. The van der Waals surface area contributed by atoms with Crippen molar-refractivity contribution < 1.29 is 14.3 Å². The third-order valence-corrected chi connectivity index (χ3v) is 4.45. The summed E-state index contributed by atoms with van der Waals surface area (Å²) in [5.41, 5.74) is 0.928. The quantitative estimate of drug-likeness (QED) is 0.778. The van der Waals surface area contributed by atoms with E-state index >= 15 is 0 Å². The molecule has 1 aromatic rings. The molecule has 0 aromatic carbocycles. The van der Waals surface area contributed by atoms with Gasteiger partial charge in [0.1, 0.15) is 11.9 Å². The van der Waals surface area contributed by atoms with Gasteiger partial charge in [0.05, 0.1) is 6.61 Å². The van der Waals surface area contributed by atoms with Gasteiger partial charge >= 0.3 is 6.09 Å². The second-order valence-corrected chi connectivity index (χ2v) is 6.88. The fourth-order valence-electron chi connectivity index (χ4n) is 2.97. The first-order valence-electron chi connectivity index (χ1n) is 9.42. The van der Waals surface area contributed by atoms with Crippen molar-refractivity contribution in [1.82, 2.24) is 15.6 Å². The van der Waals surface area contributed by atoms with Crippen molar-refractivity contribution in [2.75, 3.05) is 24.6 Å². The number of hydrogen-bond acceptors (Lipinski definition) is 5. The van der Waals surface area contributed by atoms with Crippen LogP contribution in [0.5, 0.6) is 0 Å². The minimum atomic E-state index is -0.630. The van der Waals surface area contributed by atoms with Crippen molar-refractivity contribution in [3.8, 4) is 0 Å². The predicted octanol–water partition coefficient (Wildman–Crippen LogP) is 2.46. The van der Waals surface area contributed by atoms with Crippen molar-refractivity contribution in [2.45, 2.75) is 52.6 Å².